The number of thiol groups is 1. The van der Waals surface area contributed by atoms with Crippen molar-refractivity contribution in [2.24, 2.45) is 5.73 Å². The average Bonchev–Trinajstić information content (AvgIpc) is 3.79. The number of hydrogen-bond acceptors (Lipinski definition) is 8. The van der Waals surface area contributed by atoms with E-state index in [1.807, 2.05) is 67.0 Å². The molecule has 2 aromatic carbocycles. The first-order valence-corrected chi connectivity index (χ1v) is 18.6. The first-order chi connectivity index (χ1) is 25.9. The van der Waals surface area contributed by atoms with Crippen LogP contribution >= 0.6 is 12.6 Å². The van der Waals surface area contributed by atoms with Gasteiger partial charge in [-0.15, -0.1) is 0 Å². The van der Waals surface area contributed by atoms with Crippen molar-refractivity contribution in [3.63, 3.8) is 0 Å². The van der Waals surface area contributed by atoms with Crippen LogP contribution in [0.5, 0.6) is 0 Å². The Bertz CT molecular complexity index is 1950. The quantitative estimate of drug-likeness (QED) is 0.0496. The van der Waals surface area contributed by atoms with E-state index in [0.29, 0.717) is 51.2 Å². The molecule has 0 saturated heterocycles. The van der Waals surface area contributed by atoms with Crippen molar-refractivity contribution < 1.29 is 19.2 Å². The molecule has 0 atom stereocenters. The van der Waals surface area contributed by atoms with Gasteiger partial charge in [-0.1, -0.05) is 42.5 Å². The molecular weight excluding hydrogens is 691 g/mol. The molecule has 0 aliphatic rings. The highest BCUT2D eigenvalue weighted by molar-refractivity contribution is 7.80. The number of rotatable bonds is 21. The number of aromatic amines is 2. The Morgan fingerprint density at radius 2 is 1.34 bits per heavy atom. The summed E-state index contributed by atoms with van der Waals surface area (Å²) in [7, 11) is 0. The van der Waals surface area contributed by atoms with E-state index in [4.69, 9.17) is 5.73 Å². The number of nitrogens with zero attached hydrogens (tertiary/aromatic N) is 4. The maximum Gasteiger partial charge on any atom is 0.242 e. The molecule has 280 valence electrons. The lowest BCUT2D eigenvalue weighted by Crippen LogP contribution is -2.50. The van der Waals surface area contributed by atoms with E-state index >= 15 is 0 Å². The van der Waals surface area contributed by atoms with Crippen molar-refractivity contribution >= 4 is 58.1 Å². The molecule has 0 radical (unpaired) electrons. The molecule has 13 nitrogen and oxygen atoms in total. The van der Waals surface area contributed by atoms with Crippen molar-refractivity contribution in [2.75, 3.05) is 64.7 Å². The predicted molar refractivity (Wildman–Crippen MR) is 210 cm³/mol. The van der Waals surface area contributed by atoms with Gasteiger partial charge >= 0.3 is 0 Å². The first kappa shape index (κ1) is 39.0. The number of hydrogen-bond donors (Lipinski definition) is 6. The second kappa shape index (κ2) is 20.2. The van der Waals surface area contributed by atoms with Gasteiger partial charge in [-0.2, -0.15) is 12.6 Å². The smallest absolute Gasteiger partial charge is 0.242 e. The van der Waals surface area contributed by atoms with Gasteiger partial charge in [0.05, 0.1) is 19.6 Å². The van der Waals surface area contributed by atoms with Gasteiger partial charge in [0.2, 0.25) is 23.6 Å². The Labute approximate surface area is 315 Å². The summed E-state index contributed by atoms with van der Waals surface area (Å²) in [4.78, 5) is 70.1. The van der Waals surface area contributed by atoms with Crippen molar-refractivity contribution in [3.8, 4) is 0 Å². The van der Waals surface area contributed by atoms with Crippen LogP contribution in [0.2, 0.25) is 0 Å². The van der Waals surface area contributed by atoms with Crippen LogP contribution in [0.25, 0.3) is 21.8 Å². The van der Waals surface area contributed by atoms with E-state index in [0.717, 1.165) is 38.5 Å². The van der Waals surface area contributed by atoms with E-state index in [-0.39, 0.29) is 57.0 Å². The number of H-pyrrole nitrogens is 2. The Morgan fingerprint density at radius 3 is 1.94 bits per heavy atom. The fourth-order valence-corrected chi connectivity index (χ4v) is 6.31. The van der Waals surface area contributed by atoms with Gasteiger partial charge in [-0.05, 0) is 67.2 Å². The largest absolute Gasteiger partial charge is 0.361 e. The van der Waals surface area contributed by atoms with Gasteiger partial charge in [0.15, 0.2) is 0 Å². The SMILES string of the molecule is NCCCNCC(=O)N(CCc1c[nH]c2ccccc12)CC(=O)N(CC(=O)N(CCc1c[nH]c2ccccc12)CC(=O)NCCS)Cc1cccnc1. The number of pyridine rings is 1. The van der Waals surface area contributed by atoms with Crippen LogP contribution in [0, 0.1) is 0 Å². The number of para-hydroxylation sites is 2. The van der Waals surface area contributed by atoms with E-state index in [1.54, 1.807) is 23.4 Å². The number of nitrogens with two attached hydrogens (primary N) is 1. The molecule has 6 N–H and O–H groups in total. The minimum Gasteiger partial charge on any atom is -0.361 e. The van der Waals surface area contributed by atoms with Crippen LogP contribution in [0.15, 0.2) is 85.5 Å². The van der Waals surface area contributed by atoms with Crippen molar-refractivity contribution in [1.82, 2.24) is 40.3 Å². The fraction of sp³-hybridized carbons (Fsp3) is 0.359. The third kappa shape index (κ3) is 11.4. The first-order valence-electron chi connectivity index (χ1n) is 18.0. The summed E-state index contributed by atoms with van der Waals surface area (Å²) in [5.74, 6) is -0.868. The second-order valence-electron chi connectivity index (χ2n) is 12.9. The highest BCUT2D eigenvalue weighted by atomic mass is 32.1. The van der Waals surface area contributed by atoms with Crippen molar-refractivity contribution in [1.29, 1.82) is 0 Å². The molecule has 0 saturated carbocycles. The van der Waals surface area contributed by atoms with Gasteiger partial charge in [-0.3, -0.25) is 24.2 Å². The number of fused-ring (bicyclic) bond motifs is 2. The van der Waals surface area contributed by atoms with Crippen LogP contribution in [-0.2, 0) is 38.6 Å². The number of carbonyl (C=O) groups excluding carboxylic acids is 4. The zero-order chi connectivity index (χ0) is 37.4. The summed E-state index contributed by atoms with van der Waals surface area (Å²) in [6, 6.07) is 19.5. The number of benzene rings is 2. The minimum absolute atomic E-state index is 0.0473. The molecule has 14 heteroatoms. The van der Waals surface area contributed by atoms with E-state index < -0.39 is 5.91 Å². The third-order valence-corrected chi connectivity index (χ3v) is 9.28. The molecule has 0 aliphatic carbocycles. The van der Waals surface area contributed by atoms with E-state index in [9.17, 15) is 19.2 Å². The van der Waals surface area contributed by atoms with Crippen LogP contribution in [0.4, 0.5) is 0 Å². The van der Waals surface area contributed by atoms with Gasteiger partial charge < -0.3 is 41.0 Å². The summed E-state index contributed by atoms with van der Waals surface area (Å²) in [5, 5.41) is 8.03. The summed E-state index contributed by atoms with van der Waals surface area (Å²) < 4.78 is 0. The summed E-state index contributed by atoms with van der Waals surface area (Å²) in [6.45, 7) is 1.43. The fourth-order valence-electron chi connectivity index (χ4n) is 6.20. The molecule has 5 aromatic rings. The topological polar surface area (TPSA) is 173 Å². The summed E-state index contributed by atoms with van der Waals surface area (Å²) in [6.07, 6.45) is 8.87. The van der Waals surface area contributed by atoms with Gasteiger partial charge in [-0.25, -0.2) is 0 Å². The number of nitrogens with one attached hydrogen (secondary N) is 4. The summed E-state index contributed by atoms with van der Waals surface area (Å²) in [5.41, 5.74) is 10.4. The monoisotopic (exact) mass is 739 g/mol. The van der Waals surface area contributed by atoms with Crippen LogP contribution in [0.3, 0.4) is 0 Å². The standard InChI is InChI=1S/C39H49N9O4S/c40-14-6-16-42-24-37(50)47(19-13-31-23-45-35-11-4-2-9-33(31)35)27-39(52)48(25-29-7-5-15-41-21-29)28-38(51)46(26-36(49)43-17-20-53)18-12-30-22-44-34-10-3-1-8-32(30)34/h1-5,7-11,15,21-23,42,44-45,53H,6,12-14,16-20,24-28,40H2,(H,43,49). The zero-order valence-corrected chi connectivity index (χ0v) is 30.8. The Balaban J connectivity index is 1.35. The maximum atomic E-state index is 14.2. The predicted octanol–water partition coefficient (Wildman–Crippen LogP) is 2.50. The molecular formula is C39H49N9O4S. The van der Waals surface area contributed by atoms with E-state index in [2.05, 4.69) is 38.2 Å². The van der Waals surface area contributed by atoms with Crippen LogP contribution in [0.1, 0.15) is 23.1 Å². The lowest BCUT2D eigenvalue weighted by Gasteiger charge is -2.30. The number of carbonyl (C=O) groups is 4. The molecule has 0 bridgehead atoms. The van der Waals surface area contributed by atoms with Gasteiger partial charge in [0.1, 0.15) is 6.54 Å². The molecule has 5 rings (SSSR count). The lowest BCUT2D eigenvalue weighted by molar-refractivity contribution is -0.145. The lowest BCUT2D eigenvalue weighted by atomic mass is 10.1. The zero-order valence-electron chi connectivity index (χ0n) is 29.9. The Hall–Kier alpha value is -5.18. The molecule has 0 spiro atoms. The Kier molecular flexibility index (Phi) is 14.9. The van der Waals surface area contributed by atoms with Gasteiger partial charge in [0, 0.05) is 78.5 Å². The highest BCUT2D eigenvalue weighted by Crippen LogP contribution is 2.20. The van der Waals surface area contributed by atoms with E-state index in [1.165, 1.54) is 9.80 Å². The molecule has 0 unspecified atom stereocenters. The number of aromatic nitrogens is 3. The normalized spacial score (nSPS) is 11.1. The van der Waals surface area contributed by atoms with Crippen LogP contribution in [-0.4, -0.2) is 118 Å². The second-order valence-corrected chi connectivity index (χ2v) is 13.3. The minimum atomic E-state index is -0.396. The molecule has 3 heterocycles. The molecule has 4 amide bonds. The highest BCUT2D eigenvalue weighted by Gasteiger charge is 2.26. The molecule has 53 heavy (non-hydrogen) atoms. The molecule has 0 fully saturated rings. The third-order valence-electron chi connectivity index (χ3n) is 9.06. The van der Waals surface area contributed by atoms with Crippen molar-refractivity contribution in [3.05, 3.63) is 102 Å². The van der Waals surface area contributed by atoms with Gasteiger partial charge in [0.25, 0.3) is 0 Å². The van der Waals surface area contributed by atoms with Crippen LogP contribution < -0.4 is 16.4 Å². The number of amides is 4. The average molecular weight is 740 g/mol. The Morgan fingerprint density at radius 1 is 0.736 bits per heavy atom. The molecule has 3 aromatic heterocycles. The summed E-state index contributed by atoms with van der Waals surface area (Å²) >= 11 is 4.19. The van der Waals surface area contributed by atoms with Crippen molar-refractivity contribution in [2.45, 2.75) is 25.8 Å². The maximum absolute atomic E-state index is 14.2. The molecule has 0 aliphatic heterocycles.